The van der Waals surface area contributed by atoms with Gasteiger partial charge in [-0.3, -0.25) is 4.79 Å². The number of rotatable bonds is 4. The van der Waals surface area contributed by atoms with Gasteiger partial charge in [0.25, 0.3) is 0 Å². The molecule has 0 bridgehead atoms. The molecule has 2 N–H and O–H groups in total. The van der Waals surface area contributed by atoms with Crippen LogP contribution in [0.5, 0.6) is 0 Å². The van der Waals surface area contributed by atoms with Crippen LogP contribution in [0.2, 0.25) is 0 Å². The Hall–Kier alpha value is -1.49. The number of nitrogens with one attached hydrogen (secondary N) is 1. The average Bonchev–Trinajstić information content (AvgIpc) is 2.41. The van der Waals surface area contributed by atoms with E-state index in [9.17, 15) is 18.7 Å². The van der Waals surface area contributed by atoms with Crippen LogP contribution in [-0.2, 0) is 11.2 Å². The first kappa shape index (κ1) is 14.9. The van der Waals surface area contributed by atoms with Gasteiger partial charge in [-0.1, -0.05) is 6.07 Å². The van der Waals surface area contributed by atoms with Crippen LogP contribution in [-0.4, -0.2) is 23.7 Å². The number of benzene rings is 1. The van der Waals surface area contributed by atoms with Crippen molar-refractivity contribution in [1.82, 2.24) is 5.32 Å². The fourth-order valence-corrected chi connectivity index (χ4v) is 2.51. The lowest BCUT2D eigenvalue weighted by Crippen LogP contribution is -2.33. The Bertz CT molecular complexity index is 471. The fourth-order valence-electron chi connectivity index (χ4n) is 2.51. The zero-order chi connectivity index (χ0) is 14.5. The second-order valence-corrected chi connectivity index (χ2v) is 5.39. The maximum absolute atomic E-state index is 13.4. The summed E-state index contributed by atoms with van der Waals surface area (Å²) in [6.07, 6.45) is 3.04. The van der Waals surface area contributed by atoms with E-state index in [1.165, 1.54) is 6.07 Å². The van der Waals surface area contributed by atoms with Gasteiger partial charge >= 0.3 is 0 Å². The maximum Gasteiger partial charge on any atom is 0.224 e. The fraction of sp³-hybridized carbons (Fsp3) is 0.533. The summed E-state index contributed by atoms with van der Waals surface area (Å²) in [6, 6.07) is 3.22. The third-order valence-corrected chi connectivity index (χ3v) is 3.77. The van der Waals surface area contributed by atoms with Crippen LogP contribution in [0.3, 0.4) is 0 Å². The predicted octanol–water partition coefficient (Wildman–Crippen LogP) is 2.17. The lowest BCUT2D eigenvalue weighted by molar-refractivity contribution is -0.120. The molecule has 1 amide bonds. The van der Waals surface area contributed by atoms with Crippen molar-refractivity contribution in [3.8, 4) is 0 Å². The van der Waals surface area contributed by atoms with Gasteiger partial charge in [-0.2, -0.15) is 0 Å². The molecule has 1 aromatic carbocycles. The highest BCUT2D eigenvalue weighted by Gasteiger charge is 2.19. The molecule has 0 radical (unpaired) electrons. The van der Waals surface area contributed by atoms with Gasteiger partial charge < -0.3 is 10.4 Å². The van der Waals surface area contributed by atoms with Crippen molar-refractivity contribution in [3.05, 3.63) is 35.4 Å². The Morgan fingerprint density at radius 1 is 1.25 bits per heavy atom. The first-order valence-electron chi connectivity index (χ1n) is 6.93. The van der Waals surface area contributed by atoms with Crippen LogP contribution < -0.4 is 5.32 Å². The molecule has 0 saturated heterocycles. The zero-order valence-electron chi connectivity index (χ0n) is 11.2. The van der Waals surface area contributed by atoms with Crippen LogP contribution in [0.4, 0.5) is 8.78 Å². The van der Waals surface area contributed by atoms with Crippen molar-refractivity contribution in [2.45, 2.75) is 38.2 Å². The second kappa shape index (κ2) is 6.79. The number of aliphatic hydroxyl groups is 1. The summed E-state index contributed by atoms with van der Waals surface area (Å²) in [6.45, 7) is 0.550. The number of carbonyl (C=O) groups excluding carboxylic acids is 1. The van der Waals surface area contributed by atoms with E-state index in [1.807, 2.05) is 0 Å². The summed E-state index contributed by atoms with van der Waals surface area (Å²) in [5, 5.41) is 12.2. The molecule has 0 unspecified atom stereocenters. The van der Waals surface area contributed by atoms with E-state index in [4.69, 9.17) is 0 Å². The van der Waals surface area contributed by atoms with Crippen LogP contribution in [0.15, 0.2) is 18.2 Å². The molecular formula is C15H19F2NO2. The number of aliphatic hydroxyl groups excluding tert-OH is 1. The monoisotopic (exact) mass is 283 g/mol. The Morgan fingerprint density at radius 2 is 1.95 bits per heavy atom. The third-order valence-electron chi connectivity index (χ3n) is 3.77. The van der Waals surface area contributed by atoms with Gasteiger partial charge in [-0.05, 0) is 43.2 Å². The summed E-state index contributed by atoms with van der Waals surface area (Å²) < 4.78 is 26.1. The Labute approximate surface area is 117 Å². The predicted molar refractivity (Wildman–Crippen MR) is 71.0 cm³/mol. The van der Waals surface area contributed by atoms with Crippen LogP contribution in [0, 0.1) is 17.6 Å². The highest BCUT2D eigenvalue weighted by Crippen LogP contribution is 2.23. The summed E-state index contributed by atoms with van der Waals surface area (Å²) in [4.78, 5) is 11.7. The van der Waals surface area contributed by atoms with Crippen molar-refractivity contribution in [2.24, 2.45) is 5.92 Å². The molecule has 0 heterocycles. The largest absolute Gasteiger partial charge is 0.393 e. The minimum absolute atomic E-state index is 0.0819. The van der Waals surface area contributed by atoms with Crippen molar-refractivity contribution >= 4 is 5.91 Å². The van der Waals surface area contributed by atoms with E-state index in [0.29, 0.717) is 12.5 Å². The lowest BCUT2D eigenvalue weighted by Gasteiger charge is -2.25. The molecule has 110 valence electrons. The quantitative estimate of drug-likeness (QED) is 0.889. The minimum atomic E-state index is -0.694. The summed E-state index contributed by atoms with van der Waals surface area (Å²) in [7, 11) is 0. The topological polar surface area (TPSA) is 49.3 Å². The molecule has 2 rings (SSSR count). The highest BCUT2D eigenvalue weighted by molar-refractivity contribution is 5.78. The molecule has 1 saturated carbocycles. The van der Waals surface area contributed by atoms with E-state index >= 15 is 0 Å². The van der Waals surface area contributed by atoms with Gasteiger partial charge in [-0.25, -0.2) is 8.78 Å². The average molecular weight is 283 g/mol. The van der Waals surface area contributed by atoms with Crippen molar-refractivity contribution in [3.63, 3.8) is 0 Å². The molecule has 20 heavy (non-hydrogen) atoms. The van der Waals surface area contributed by atoms with Crippen molar-refractivity contribution in [2.75, 3.05) is 6.54 Å². The summed E-state index contributed by atoms with van der Waals surface area (Å²) >= 11 is 0. The number of carbonyl (C=O) groups is 1. The van der Waals surface area contributed by atoms with Crippen LogP contribution in [0.25, 0.3) is 0 Å². The minimum Gasteiger partial charge on any atom is -0.393 e. The molecule has 0 aromatic heterocycles. The summed E-state index contributed by atoms with van der Waals surface area (Å²) in [5.74, 6) is -1.23. The standard InChI is InChI=1S/C15H19F2NO2/c16-12-4-3-11(14(17)8-12)7-15(20)18-9-10-1-5-13(19)6-2-10/h3-4,8,10,13,19H,1-2,5-7,9H2,(H,18,20). The third kappa shape index (κ3) is 4.27. The molecule has 5 heteroatoms. The van der Waals surface area contributed by atoms with E-state index in [-0.39, 0.29) is 24.0 Å². The molecular weight excluding hydrogens is 264 g/mol. The number of halogens is 2. The van der Waals surface area contributed by atoms with Crippen molar-refractivity contribution in [1.29, 1.82) is 0 Å². The van der Waals surface area contributed by atoms with E-state index in [2.05, 4.69) is 5.32 Å². The second-order valence-electron chi connectivity index (χ2n) is 5.39. The van der Waals surface area contributed by atoms with E-state index in [0.717, 1.165) is 37.8 Å². The Morgan fingerprint density at radius 3 is 2.60 bits per heavy atom. The van der Waals surface area contributed by atoms with Gasteiger partial charge in [0.1, 0.15) is 11.6 Å². The summed E-state index contributed by atoms with van der Waals surface area (Å²) in [5.41, 5.74) is 0.197. The Kier molecular flexibility index (Phi) is 5.06. The highest BCUT2D eigenvalue weighted by atomic mass is 19.1. The number of amides is 1. The zero-order valence-corrected chi connectivity index (χ0v) is 11.2. The smallest absolute Gasteiger partial charge is 0.224 e. The van der Waals surface area contributed by atoms with E-state index in [1.54, 1.807) is 0 Å². The normalized spacial score (nSPS) is 22.6. The first-order valence-corrected chi connectivity index (χ1v) is 6.93. The van der Waals surface area contributed by atoms with Gasteiger partial charge in [-0.15, -0.1) is 0 Å². The SMILES string of the molecule is O=C(Cc1ccc(F)cc1F)NCC1CCC(O)CC1. The maximum atomic E-state index is 13.4. The van der Waals surface area contributed by atoms with Gasteiger partial charge in [0, 0.05) is 12.6 Å². The molecule has 1 fully saturated rings. The van der Waals surface area contributed by atoms with Gasteiger partial charge in [0.15, 0.2) is 0 Å². The molecule has 1 aromatic rings. The molecule has 1 aliphatic rings. The van der Waals surface area contributed by atoms with Gasteiger partial charge in [0.2, 0.25) is 5.91 Å². The Balaban J connectivity index is 1.78. The van der Waals surface area contributed by atoms with Crippen LogP contribution >= 0.6 is 0 Å². The molecule has 0 atom stereocenters. The van der Waals surface area contributed by atoms with Crippen molar-refractivity contribution < 1.29 is 18.7 Å². The number of hydrogen-bond acceptors (Lipinski definition) is 2. The first-order chi connectivity index (χ1) is 9.54. The molecule has 1 aliphatic carbocycles. The van der Waals surface area contributed by atoms with Gasteiger partial charge in [0.05, 0.1) is 12.5 Å². The molecule has 3 nitrogen and oxygen atoms in total. The lowest BCUT2D eigenvalue weighted by atomic mass is 9.87. The van der Waals surface area contributed by atoms with E-state index < -0.39 is 11.6 Å². The molecule has 0 aliphatic heterocycles. The van der Waals surface area contributed by atoms with Crippen LogP contribution in [0.1, 0.15) is 31.2 Å². The number of hydrogen-bond donors (Lipinski definition) is 2. The molecule has 0 spiro atoms.